The molecule has 0 bridgehead atoms. The maximum Gasteiger partial charge on any atom is 0.340 e. The van der Waals surface area contributed by atoms with Gasteiger partial charge in [-0.05, 0) is 69.2 Å². The SMILES string of the molecule is CCCCOC(=O)c1ccccc1S(=O)(=O)Oc1ccc(CN(Cc2ccco2)C(=O)NC(C)(C)C)cc1. The maximum absolute atomic E-state index is 13.0. The van der Waals surface area contributed by atoms with Crippen LogP contribution in [0, 0.1) is 0 Å². The summed E-state index contributed by atoms with van der Waals surface area (Å²) in [6, 6.07) is 15.4. The summed E-state index contributed by atoms with van der Waals surface area (Å²) >= 11 is 0. The smallest absolute Gasteiger partial charge is 0.340 e. The molecule has 0 unspecified atom stereocenters. The molecule has 10 heteroatoms. The molecule has 204 valence electrons. The van der Waals surface area contributed by atoms with Crippen LogP contribution in [0.5, 0.6) is 5.75 Å². The Hall–Kier alpha value is -3.79. The van der Waals surface area contributed by atoms with Gasteiger partial charge < -0.3 is 23.6 Å². The molecule has 0 spiro atoms. The predicted octanol–water partition coefficient (Wildman–Crippen LogP) is 5.51. The number of carbonyl (C=O) groups excluding carboxylic acids is 2. The average molecular weight is 543 g/mol. The largest absolute Gasteiger partial charge is 0.467 e. The van der Waals surface area contributed by atoms with E-state index in [0.717, 1.165) is 12.0 Å². The number of esters is 1. The summed E-state index contributed by atoms with van der Waals surface area (Å²) in [5, 5.41) is 2.95. The maximum atomic E-state index is 13.0. The Morgan fingerprint density at radius 2 is 1.68 bits per heavy atom. The van der Waals surface area contributed by atoms with E-state index in [9.17, 15) is 18.0 Å². The molecule has 38 heavy (non-hydrogen) atoms. The van der Waals surface area contributed by atoms with Gasteiger partial charge in [-0.1, -0.05) is 37.6 Å². The van der Waals surface area contributed by atoms with Crippen LogP contribution in [0.25, 0.3) is 0 Å². The number of unbranched alkanes of at least 4 members (excludes halogenated alkanes) is 1. The van der Waals surface area contributed by atoms with E-state index in [-0.39, 0.29) is 41.9 Å². The number of urea groups is 1. The summed E-state index contributed by atoms with van der Waals surface area (Å²) in [5.41, 5.74) is 0.243. The van der Waals surface area contributed by atoms with E-state index in [1.165, 1.54) is 30.3 Å². The number of nitrogens with zero attached hydrogens (tertiary/aromatic N) is 1. The summed E-state index contributed by atoms with van der Waals surface area (Å²) in [6.45, 7) is 8.36. The third-order valence-corrected chi connectivity index (χ3v) is 6.61. The minimum Gasteiger partial charge on any atom is -0.467 e. The third kappa shape index (κ3) is 8.37. The molecule has 3 rings (SSSR count). The number of hydrogen-bond donors (Lipinski definition) is 1. The van der Waals surface area contributed by atoms with Crippen LogP contribution in [0.4, 0.5) is 4.79 Å². The topological polar surface area (TPSA) is 115 Å². The van der Waals surface area contributed by atoms with Gasteiger partial charge in [0, 0.05) is 12.1 Å². The first-order valence-electron chi connectivity index (χ1n) is 12.4. The highest BCUT2D eigenvalue weighted by atomic mass is 32.2. The van der Waals surface area contributed by atoms with E-state index in [4.69, 9.17) is 13.3 Å². The van der Waals surface area contributed by atoms with Crippen LogP contribution in [0.2, 0.25) is 0 Å². The number of ether oxygens (including phenoxy) is 1. The van der Waals surface area contributed by atoms with Crippen molar-refractivity contribution in [3.63, 3.8) is 0 Å². The van der Waals surface area contributed by atoms with Crippen LogP contribution >= 0.6 is 0 Å². The van der Waals surface area contributed by atoms with Gasteiger partial charge in [-0.15, -0.1) is 0 Å². The molecule has 0 fully saturated rings. The molecule has 0 aliphatic carbocycles. The Kier molecular flexibility index (Phi) is 9.57. The van der Waals surface area contributed by atoms with E-state index < -0.39 is 21.6 Å². The average Bonchev–Trinajstić information content (AvgIpc) is 3.37. The van der Waals surface area contributed by atoms with E-state index in [1.807, 2.05) is 27.7 Å². The predicted molar refractivity (Wildman–Crippen MR) is 142 cm³/mol. The molecule has 3 aromatic rings. The number of carbonyl (C=O) groups is 2. The minimum absolute atomic E-state index is 0.0691. The molecule has 0 atom stereocenters. The first kappa shape index (κ1) is 28.8. The van der Waals surface area contributed by atoms with Crippen molar-refractivity contribution in [3.8, 4) is 5.75 Å². The monoisotopic (exact) mass is 542 g/mol. The lowest BCUT2D eigenvalue weighted by atomic mass is 10.1. The zero-order valence-corrected chi connectivity index (χ0v) is 22.9. The summed E-state index contributed by atoms with van der Waals surface area (Å²) in [7, 11) is -4.31. The second kappa shape index (κ2) is 12.6. The molecule has 1 N–H and O–H groups in total. The van der Waals surface area contributed by atoms with Gasteiger partial charge in [-0.3, -0.25) is 0 Å². The molecule has 2 amide bonds. The highest BCUT2D eigenvalue weighted by molar-refractivity contribution is 7.87. The molecule has 2 aromatic carbocycles. The normalized spacial score (nSPS) is 11.6. The molecule has 1 heterocycles. The van der Waals surface area contributed by atoms with Crippen LogP contribution in [0.15, 0.2) is 76.2 Å². The van der Waals surface area contributed by atoms with Crippen molar-refractivity contribution in [2.75, 3.05) is 6.61 Å². The van der Waals surface area contributed by atoms with E-state index in [2.05, 4.69) is 5.32 Å². The molecular formula is C28H34N2O7S. The zero-order valence-electron chi connectivity index (χ0n) is 22.1. The Balaban J connectivity index is 1.74. The number of benzene rings is 2. The van der Waals surface area contributed by atoms with E-state index >= 15 is 0 Å². The highest BCUT2D eigenvalue weighted by Gasteiger charge is 2.25. The molecular weight excluding hydrogens is 508 g/mol. The summed E-state index contributed by atoms with van der Waals surface area (Å²) in [6.07, 6.45) is 3.07. The van der Waals surface area contributed by atoms with Crippen molar-refractivity contribution in [1.29, 1.82) is 0 Å². The number of amides is 2. The van der Waals surface area contributed by atoms with Gasteiger partial charge in [0.05, 0.1) is 25.0 Å². The van der Waals surface area contributed by atoms with Gasteiger partial charge >= 0.3 is 22.1 Å². The molecule has 0 aliphatic rings. The van der Waals surface area contributed by atoms with Crippen LogP contribution in [-0.4, -0.2) is 37.5 Å². The van der Waals surface area contributed by atoms with Crippen LogP contribution in [0.3, 0.4) is 0 Å². The lowest BCUT2D eigenvalue weighted by Crippen LogP contribution is -2.47. The molecule has 1 aromatic heterocycles. The van der Waals surface area contributed by atoms with Crippen LogP contribution < -0.4 is 9.50 Å². The van der Waals surface area contributed by atoms with Gasteiger partial charge in [-0.2, -0.15) is 8.42 Å². The second-order valence-corrected chi connectivity index (χ2v) is 11.3. The van der Waals surface area contributed by atoms with Gasteiger partial charge in [0.25, 0.3) is 0 Å². The summed E-state index contributed by atoms with van der Waals surface area (Å²) in [5.74, 6) is -0.0200. The Morgan fingerprint density at radius 1 is 0.974 bits per heavy atom. The number of nitrogens with one attached hydrogen (secondary N) is 1. The van der Waals surface area contributed by atoms with Gasteiger partial charge in [0.1, 0.15) is 16.4 Å². The quantitative estimate of drug-likeness (QED) is 0.193. The van der Waals surface area contributed by atoms with Crippen molar-refractivity contribution >= 4 is 22.1 Å². The van der Waals surface area contributed by atoms with Gasteiger partial charge in [0.15, 0.2) is 0 Å². The van der Waals surface area contributed by atoms with Gasteiger partial charge in [-0.25, -0.2) is 9.59 Å². The third-order valence-electron chi connectivity index (χ3n) is 5.31. The van der Waals surface area contributed by atoms with Crippen molar-refractivity contribution in [3.05, 3.63) is 83.8 Å². The minimum atomic E-state index is -4.31. The molecule has 0 saturated heterocycles. The molecule has 9 nitrogen and oxygen atoms in total. The number of furan rings is 1. The van der Waals surface area contributed by atoms with Crippen molar-refractivity contribution in [2.45, 2.75) is 64.1 Å². The van der Waals surface area contributed by atoms with Crippen LogP contribution in [0.1, 0.15) is 62.2 Å². The Bertz CT molecular complexity index is 1310. The first-order valence-corrected chi connectivity index (χ1v) is 13.8. The summed E-state index contributed by atoms with van der Waals surface area (Å²) < 4.78 is 42.0. The lowest BCUT2D eigenvalue weighted by molar-refractivity contribution is 0.0495. The van der Waals surface area contributed by atoms with Crippen molar-refractivity contribution in [2.24, 2.45) is 0 Å². The molecule has 0 saturated carbocycles. The Morgan fingerprint density at radius 3 is 2.32 bits per heavy atom. The van der Waals surface area contributed by atoms with Gasteiger partial charge in [0.2, 0.25) is 0 Å². The fourth-order valence-corrected chi connectivity index (χ4v) is 4.59. The van der Waals surface area contributed by atoms with E-state index in [1.54, 1.807) is 41.5 Å². The Labute approximate surface area is 223 Å². The fourth-order valence-electron chi connectivity index (χ4n) is 3.47. The van der Waals surface area contributed by atoms with Crippen molar-refractivity contribution in [1.82, 2.24) is 10.2 Å². The number of rotatable bonds is 11. The number of hydrogen-bond acceptors (Lipinski definition) is 7. The lowest BCUT2D eigenvalue weighted by Gasteiger charge is -2.28. The zero-order chi connectivity index (χ0) is 27.8. The fraction of sp³-hybridized carbons (Fsp3) is 0.357. The second-order valence-electron chi connectivity index (χ2n) is 9.78. The van der Waals surface area contributed by atoms with E-state index in [0.29, 0.717) is 12.2 Å². The highest BCUT2D eigenvalue weighted by Crippen LogP contribution is 2.23. The van der Waals surface area contributed by atoms with Crippen LogP contribution in [-0.2, 0) is 27.9 Å². The standard InChI is InChI=1S/C28H34N2O7S/c1-5-6-17-36-26(31)24-11-7-8-12-25(24)38(33,34)37-22-15-13-21(14-16-22)19-30(20-23-10-9-18-35-23)27(32)29-28(2,3)4/h7-16,18H,5-6,17,19-20H2,1-4H3,(H,29,32). The molecule has 0 aliphatic heterocycles. The summed E-state index contributed by atoms with van der Waals surface area (Å²) in [4.78, 5) is 26.7. The van der Waals surface area contributed by atoms with Crippen molar-refractivity contribution < 1.29 is 31.3 Å². The molecule has 0 radical (unpaired) electrons. The first-order chi connectivity index (χ1) is 18.0.